The molecule has 1 aromatic rings. The van der Waals surface area contributed by atoms with E-state index >= 15 is 0 Å². The van der Waals surface area contributed by atoms with Crippen molar-refractivity contribution < 1.29 is 32.7 Å². The molecule has 37 heavy (non-hydrogen) atoms. The molecule has 0 aliphatic carbocycles. The van der Waals surface area contributed by atoms with Gasteiger partial charge in [-0.05, 0) is 51.2 Å². The number of carboxylic acid groups (broad SMARTS) is 1. The number of fused-ring (bicyclic) bond motifs is 1. The van der Waals surface area contributed by atoms with Gasteiger partial charge in [-0.25, -0.2) is 4.79 Å². The van der Waals surface area contributed by atoms with Gasteiger partial charge in [0.2, 0.25) is 5.91 Å². The van der Waals surface area contributed by atoms with E-state index in [4.69, 9.17) is 9.90 Å². The summed E-state index contributed by atoms with van der Waals surface area (Å²) in [4.78, 5) is 42.1. The summed E-state index contributed by atoms with van der Waals surface area (Å²) in [5.74, 6) is -1.66. The topological polar surface area (TPSA) is 81.2 Å². The molecule has 3 aliphatic rings. The van der Waals surface area contributed by atoms with E-state index in [-0.39, 0.29) is 16.7 Å². The minimum atomic E-state index is -5.08. The number of alkyl halides is 3. The van der Waals surface area contributed by atoms with Crippen molar-refractivity contribution in [1.29, 1.82) is 0 Å². The highest BCUT2D eigenvalue weighted by atomic mass is 19.4. The molecule has 1 unspecified atom stereocenters. The second-order valence-electron chi connectivity index (χ2n) is 11.0. The number of amides is 2. The number of carboxylic acids is 1. The van der Waals surface area contributed by atoms with Crippen molar-refractivity contribution in [2.75, 3.05) is 45.8 Å². The number of nitrogens with zero attached hydrogens (tertiary/aromatic N) is 3. The molecule has 3 aliphatic heterocycles. The molecule has 10 heteroatoms. The first-order chi connectivity index (χ1) is 17.2. The number of hydrogen-bond donors (Lipinski definition) is 1. The van der Waals surface area contributed by atoms with Crippen molar-refractivity contribution in [3.63, 3.8) is 0 Å². The number of hydrogen-bond acceptors (Lipinski definition) is 4. The molecule has 206 valence electrons. The van der Waals surface area contributed by atoms with Crippen LogP contribution >= 0.6 is 0 Å². The Hall–Kier alpha value is -2.62. The molecule has 2 amide bonds. The van der Waals surface area contributed by atoms with Crippen molar-refractivity contribution >= 4 is 17.8 Å². The van der Waals surface area contributed by atoms with E-state index in [1.54, 1.807) is 0 Å². The van der Waals surface area contributed by atoms with E-state index in [2.05, 4.69) is 30.6 Å². The van der Waals surface area contributed by atoms with E-state index in [0.717, 1.165) is 70.6 Å². The zero-order valence-corrected chi connectivity index (χ0v) is 22.1. The largest absolute Gasteiger partial charge is 0.490 e. The van der Waals surface area contributed by atoms with Crippen molar-refractivity contribution in [2.24, 2.45) is 16.7 Å². The summed E-state index contributed by atoms with van der Waals surface area (Å²) < 4.78 is 31.7. The lowest BCUT2D eigenvalue weighted by Crippen LogP contribution is -2.53. The van der Waals surface area contributed by atoms with Crippen LogP contribution in [0.3, 0.4) is 0 Å². The Morgan fingerprint density at radius 2 is 1.59 bits per heavy atom. The fourth-order valence-corrected chi connectivity index (χ4v) is 6.26. The van der Waals surface area contributed by atoms with Crippen molar-refractivity contribution in [3.8, 4) is 0 Å². The van der Waals surface area contributed by atoms with Crippen LogP contribution in [0.2, 0.25) is 0 Å². The Bertz CT molecular complexity index is 988. The van der Waals surface area contributed by atoms with Crippen LogP contribution in [0.5, 0.6) is 0 Å². The molecule has 3 saturated heterocycles. The van der Waals surface area contributed by atoms with Crippen LogP contribution < -0.4 is 0 Å². The van der Waals surface area contributed by atoms with Gasteiger partial charge in [0.05, 0.1) is 5.41 Å². The highest BCUT2D eigenvalue weighted by molar-refractivity contribution is 5.94. The number of aryl methyl sites for hydroxylation is 1. The van der Waals surface area contributed by atoms with Gasteiger partial charge in [0.1, 0.15) is 0 Å². The highest BCUT2D eigenvalue weighted by Gasteiger charge is 2.64. The van der Waals surface area contributed by atoms with Crippen molar-refractivity contribution in [3.05, 3.63) is 35.4 Å². The Morgan fingerprint density at radius 1 is 1.03 bits per heavy atom. The third-order valence-electron chi connectivity index (χ3n) is 8.09. The van der Waals surface area contributed by atoms with Gasteiger partial charge >= 0.3 is 12.1 Å². The summed E-state index contributed by atoms with van der Waals surface area (Å²) in [6.07, 6.45) is -2.24. The average molecular weight is 526 g/mol. The standard InChI is InChI=1S/C25H37N3O2.C2HF3O2/c1-5-27-15-12-25(23(27)30)18-26(16-19(2)3)17-24(25)10-13-28(14-11-24)22(29)21-8-6-20(4)7-9-21;3-2(4,5)1(6)7/h6-9,19H,5,10-18H2,1-4H3;(H,6,7). The highest BCUT2D eigenvalue weighted by Crippen LogP contribution is 2.58. The molecule has 3 heterocycles. The molecular formula is C27H38F3N3O4. The molecule has 1 atom stereocenters. The van der Waals surface area contributed by atoms with Crippen LogP contribution in [0.4, 0.5) is 13.2 Å². The van der Waals surface area contributed by atoms with Gasteiger partial charge in [0, 0.05) is 56.8 Å². The third kappa shape index (κ3) is 5.94. The first-order valence-electron chi connectivity index (χ1n) is 12.9. The Kier molecular flexibility index (Phi) is 8.61. The van der Waals surface area contributed by atoms with Crippen molar-refractivity contribution in [2.45, 2.75) is 53.1 Å². The molecule has 0 radical (unpaired) electrons. The summed E-state index contributed by atoms with van der Waals surface area (Å²) in [5.41, 5.74) is 1.69. The maximum atomic E-state index is 13.6. The number of rotatable bonds is 4. The number of benzene rings is 1. The predicted octanol–water partition coefficient (Wildman–Crippen LogP) is 4.06. The maximum absolute atomic E-state index is 13.6. The van der Waals surface area contributed by atoms with Gasteiger partial charge in [-0.3, -0.25) is 9.59 Å². The summed E-state index contributed by atoms with van der Waals surface area (Å²) in [5, 5.41) is 7.12. The van der Waals surface area contributed by atoms with Crippen LogP contribution in [0.15, 0.2) is 24.3 Å². The smallest absolute Gasteiger partial charge is 0.475 e. The lowest BCUT2D eigenvalue weighted by atomic mass is 9.60. The number of carbonyl (C=O) groups excluding carboxylic acids is 2. The van der Waals surface area contributed by atoms with Gasteiger partial charge in [-0.1, -0.05) is 31.5 Å². The monoisotopic (exact) mass is 525 g/mol. The summed E-state index contributed by atoms with van der Waals surface area (Å²) >= 11 is 0. The number of carbonyl (C=O) groups is 3. The number of halogens is 3. The lowest BCUT2D eigenvalue weighted by molar-refractivity contribution is -0.192. The SMILES string of the molecule is CCN1CCC2(CN(CC(C)C)CC23CCN(C(=O)c2ccc(C)cc2)CC3)C1=O.O=C(O)C(F)(F)F. The fraction of sp³-hybridized carbons (Fsp3) is 0.667. The molecular weight excluding hydrogens is 487 g/mol. The van der Waals surface area contributed by atoms with E-state index in [1.165, 1.54) is 5.56 Å². The lowest BCUT2D eigenvalue weighted by Gasteiger charge is -2.47. The molecule has 7 nitrogen and oxygen atoms in total. The molecule has 4 rings (SSSR count). The summed E-state index contributed by atoms with van der Waals surface area (Å²) in [6, 6.07) is 7.88. The number of aliphatic carboxylic acids is 1. The molecule has 0 aromatic heterocycles. The second-order valence-corrected chi connectivity index (χ2v) is 11.0. The van der Waals surface area contributed by atoms with Crippen molar-refractivity contribution in [1.82, 2.24) is 14.7 Å². The van der Waals surface area contributed by atoms with E-state index in [9.17, 15) is 22.8 Å². The van der Waals surface area contributed by atoms with Gasteiger partial charge in [-0.15, -0.1) is 0 Å². The Morgan fingerprint density at radius 3 is 2.05 bits per heavy atom. The summed E-state index contributed by atoms with van der Waals surface area (Å²) in [7, 11) is 0. The molecule has 0 saturated carbocycles. The van der Waals surface area contributed by atoms with E-state index < -0.39 is 12.1 Å². The predicted molar refractivity (Wildman–Crippen MR) is 133 cm³/mol. The number of piperidine rings is 1. The van der Waals surface area contributed by atoms with Crippen LogP contribution in [0.25, 0.3) is 0 Å². The minimum Gasteiger partial charge on any atom is -0.475 e. The number of likely N-dealkylation sites (tertiary alicyclic amines) is 3. The van der Waals surface area contributed by atoms with Gasteiger partial charge < -0.3 is 19.8 Å². The van der Waals surface area contributed by atoms with E-state index in [0.29, 0.717) is 11.8 Å². The Balaban J connectivity index is 0.000000479. The average Bonchev–Trinajstić information content (AvgIpc) is 3.30. The third-order valence-corrected chi connectivity index (χ3v) is 8.09. The second kappa shape index (κ2) is 11.0. The normalized spacial score (nSPS) is 23.6. The fourth-order valence-electron chi connectivity index (χ4n) is 6.26. The molecule has 2 spiro atoms. The van der Waals surface area contributed by atoms with Crippen LogP contribution in [0, 0.1) is 23.7 Å². The summed E-state index contributed by atoms with van der Waals surface area (Å²) in [6.45, 7) is 14.8. The first-order valence-corrected chi connectivity index (χ1v) is 12.9. The minimum absolute atomic E-state index is 0.00689. The maximum Gasteiger partial charge on any atom is 0.490 e. The first kappa shape index (κ1) is 28.9. The molecule has 1 aromatic carbocycles. The zero-order valence-electron chi connectivity index (χ0n) is 22.1. The molecule has 1 N–H and O–H groups in total. The Labute approximate surface area is 216 Å². The van der Waals surface area contributed by atoms with Crippen LogP contribution in [-0.2, 0) is 9.59 Å². The zero-order chi connectivity index (χ0) is 27.6. The van der Waals surface area contributed by atoms with Gasteiger partial charge in [-0.2, -0.15) is 13.2 Å². The quantitative estimate of drug-likeness (QED) is 0.641. The van der Waals surface area contributed by atoms with E-state index in [1.807, 2.05) is 36.1 Å². The van der Waals surface area contributed by atoms with Crippen LogP contribution in [-0.4, -0.2) is 89.6 Å². The van der Waals surface area contributed by atoms with Gasteiger partial charge in [0.25, 0.3) is 5.91 Å². The van der Waals surface area contributed by atoms with Gasteiger partial charge in [0.15, 0.2) is 0 Å². The molecule has 3 fully saturated rings. The molecule has 0 bridgehead atoms. The van der Waals surface area contributed by atoms with Crippen LogP contribution in [0.1, 0.15) is 56.0 Å².